The van der Waals surface area contributed by atoms with Crippen molar-refractivity contribution in [1.82, 2.24) is 10.2 Å². The molecule has 2 rings (SSSR count). The van der Waals surface area contributed by atoms with Crippen LogP contribution in [-0.2, 0) is 22.4 Å². The lowest BCUT2D eigenvalue weighted by Crippen LogP contribution is -2.46. The number of nitrogens with one attached hydrogen (secondary N) is 2. The molecule has 0 bridgehead atoms. The average Bonchev–Trinajstić information content (AvgIpc) is 2.93. The van der Waals surface area contributed by atoms with E-state index >= 15 is 0 Å². The number of amides is 2. The van der Waals surface area contributed by atoms with E-state index in [4.69, 9.17) is 0 Å². The first-order valence-electron chi connectivity index (χ1n) is 8.73. The van der Waals surface area contributed by atoms with Gasteiger partial charge in [0.25, 0.3) is 0 Å². The number of anilines is 1. The van der Waals surface area contributed by atoms with Crippen LogP contribution < -0.4 is 10.6 Å². The number of nitrogens with zero attached hydrogens (tertiary/aromatic N) is 1. The number of benzene rings is 1. The van der Waals surface area contributed by atoms with E-state index in [0.29, 0.717) is 11.6 Å². The van der Waals surface area contributed by atoms with Crippen molar-refractivity contribution in [2.24, 2.45) is 5.92 Å². The maximum Gasteiger partial charge on any atom is 0.313 e. The molecule has 0 heterocycles. The van der Waals surface area contributed by atoms with Crippen molar-refractivity contribution < 1.29 is 9.59 Å². The molecule has 2 N–H and O–H groups in total. The monoisotopic (exact) mass is 331 g/mol. The predicted molar refractivity (Wildman–Crippen MR) is 97.0 cm³/mol. The molecule has 0 unspecified atom stereocenters. The molecule has 0 saturated carbocycles. The van der Waals surface area contributed by atoms with E-state index in [9.17, 15) is 9.59 Å². The lowest BCUT2D eigenvalue weighted by molar-refractivity contribution is -0.136. The topological polar surface area (TPSA) is 61.4 Å². The number of hydrogen-bond acceptors (Lipinski definition) is 3. The number of fused-ring (bicyclic) bond motifs is 1. The fraction of sp³-hybridized carbons (Fsp3) is 0.579. The first kappa shape index (κ1) is 18.5. The smallest absolute Gasteiger partial charge is 0.313 e. The van der Waals surface area contributed by atoms with Crippen LogP contribution in [-0.4, -0.2) is 43.4 Å². The van der Waals surface area contributed by atoms with Crippen LogP contribution in [0, 0.1) is 5.92 Å². The van der Waals surface area contributed by atoms with Gasteiger partial charge >= 0.3 is 11.8 Å². The quantitative estimate of drug-likeness (QED) is 0.786. The van der Waals surface area contributed by atoms with E-state index in [1.54, 1.807) is 0 Å². The third-order valence-corrected chi connectivity index (χ3v) is 4.24. The Kier molecular flexibility index (Phi) is 6.37. The van der Waals surface area contributed by atoms with Gasteiger partial charge < -0.3 is 15.5 Å². The summed E-state index contributed by atoms with van der Waals surface area (Å²) < 4.78 is 0. The number of aryl methyl sites for hydroxylation is 2. The molecule has 0 radical (unpaired) electrons. The molecule has 1 aliphatic rings. The largest absolute Gasteiger partial charge is 0.344 e. The van der Waals surface area contributed by atoms with Gasteiger partial charge in [0, 0.05) is 18.3 Å². The number of rotatable bonds is 6. The summed E-state index contributed by atoms with van der Waals surface area (Å²) in [6.07, 6.45) is 4.15. The number of carbonyl (C=O) groups excluding carboxylic acids is 2. The number of hydrogen-bond donors (Lipinski definition) is 2. The summed E-state index contributed by atoms with van der Waals surface area (Å²) in [7, 11) is 3.92. The highest BCUT2D eigenvalue weighted by molar-refractivity contribution is 6.39. The minimum atomic E-state index is -0.597. The molecule has 5 nitrogen and oxygen atoms in total. The highest BCUT2D eigenvalue weighted by Crippen LogP contribution is 2.24. The van der Waals surface area contributed by atoms with Crippen LogP contribution in [0.15, 0.2) is 18.2 Å². The molecule has 132 valence electrons. The van der Waals surface area contributed by atoms with E-state index in [2.05, 4.69) is 24.5 Å². The van der Waals surface area contributed by atoms with Crippen molar-refractivity contribution in [1.29, 1.82) is 0 Å². The second-order valence-electron chi connectivity index (χ2n) is 7.35. The summed E-state index contributed by atoms with van der Waals surface area (Å²) in [6, 6.07) is 5.88. The first-order valence-corrected chi connectivity index (χ1v) is 8.73. The van der Waals surface area contributed by atoms with Crippen LogP contribution in [0.4, 0.5) is 5.69 Å². The summed E-state index contributed by atoms with van der Waals surface area (Å²) in [5.41, 5.74) is 3.32. The third kappa shape index (κ3) is 5.34. The van der Waals surface area contributed by atoms with Crippen molar-refractivity contribution in [2.45, 2.75) is 45.6 Å². The van der Waals surface area contributed by atoms with Crippen molar-refractivity contribution >= 4 is 17.5 Å². The van der Waals surface area contributed by atoms with Crippen molar-refractivity contribution in [2.75, 3.05) is 26.0 Å². The molecule has 1 aliphatic carbocycles. The number of likely N-dealkylation sites (N-methyl/N-ethyl adjacent to an activating group) is 1. The van der Waals surface area contributed by atoms with Gasteiger partial charge in [-0.1, -0.05) is 19.9 Å². The predicted octanol–water partition coefficient (Wildman–Crippen LogP) is 2.21. The van der Waals surface area contributed by atoms with Gasteiger partial charge in [0.2, 0.25) is 0 Å². The number of carbonyl (C=O) groups is 2. The van der Waals surface area contributed by atoms with Gasteiger partial charge in [-0.05, 0) is 69.0 Å². The molecule has 0 aliphatic heterocycles. The van der Waals surface area contributed by atoms with Crippen molar-refractivity contribution in [3.8, 4) is 0 Å². The van der Waals surface area contributed by atoms with E-state index < -0.39 is 11.8 Å². The Morgan fingerprint density at radius 2 is 1.83 bits per heavy atom. The SMILES string of the molecule is CC(C)C[C@@H](CN(C)C)NC(=O)C(=O)Nc1ccc2c(c1)CCC2. The molecule has 1 aromatic carbocycles. The zero-order valence-corrected chi connectivity index (χ0v) is 15.2. The zero-order chi connectivity index (χ0) is 17.7. The Bertz CT molecular complexity index is 586. The molecule has 2 amide bonds. The summed E-state index contributed by atoms with van der Waals surface area (Å²) in [4.78, 5) is 26.4. The van der Waals surface area contributed by atoms with E-state index in [0.717, 1.165) is 32.2 Å². The summed E-state index contributed by atoms with van der Waals surface area (Å²) in [5.74, 6) is -0.710. The minimum absolute atomic E-state index is 0.0294. The third-order valence-electron chi connectivity index (χ3n) is 4.24. The van der Waals surface area contributed by atoms with Crippen LogP contribution >= 0.6 is 0 Å². The molecule has 1 aromatic rings. The Labute approximate surface area is 144 Å². The molecule has 1 atom stereocenters. The fourth-order valence-electron chi connectivity index (χ4n) is 3.28. The average molecular weight is 331 g/mol. The maximum atomic E-state index is 12.2. The molecule has 24 heavy (non-hydrogen) atoms. The minimum Gasteiger partial charge on any atom is -0.344 e. The summed E-state index contributed by atoms with van der Waals surface area (Å²) >= 11 is 0. The first-order chi connectivity index (χ1) is 11.3. The van der Waals surface area contributed by atoms with Gasteiger partial charge in [-0.15, -0.1) is 0 Å². The fourth-order valence-corrected chi connectivity index (χ4v) is 3.28. The standard InChI is InChI=1S/C19H29N3O2/c1-13(2)10-17(12-22(3)4)21-19(24)18(23)20-16-9-8-14-6-5-7-15(14)11-16/h8-9,11,13,17H,5-7,10,12H2,1-4H3,(H,20,23)(H,21,24)/t17-/m0/s1. The van der Waals surface area contributed by atoms with Crippen molar-refractivity contribution in [3.63, 3.8) is 0 Å². The van der Waals surface area contributed by atoms with Gasteiger partial charge in [0.05, 0.1) is 0 Å². The lowest BCUT2D eigenvalue weighted by atomic mass is 10.0. The molecular formula is C19H29N3O2. The molecule has 5 heteroatoms. The molecule has 0 fully saturated rings. The lowest BCUT2D eigenvalue weighted by Gasteiger charge is -2.23. The Morgan fingerprint density at radius 1 is 1.12 bits per heavy atom. The highest BCUT2D eigenvalue weighted by atomic mass is 16.2. The van der Waals surface area contributed by atoms with E-state index in [1.165, 1.54) is 11.1 Å². The van der Waals surface area contributed by atoms with Gasteiger partial charge in [0.1, 0.15) is 0 Å². The van der Waals surface area contributed by atoms with Gasteiger partial charge in [0.15, 0.2) is 0 Å². The molecule has 0 aromatic heterocycles. The molecular weight excluding hydrogens is 302 g/mol. The van der Waals surface area contributed by atoms with Gasteiger partial charge in [-0.3, -0.25) is 9.59 Å². The van der Waals surface area contributed by atoms with Crippen LogP contribution in [0.25, 0.3) is 0 Å². The Morgan fingerprint density at radius 3 is 2.50 bits per heavy atom. The van der Waals surface area contributed by atoms with Crippen LogP contribution in [0.2, 0.25) is 0 Å². The summed E-state index contributed by atoms with van der Waals surface area (Å²) in [5, 5.41) is 5.58. The second-order valence-corrected chi connectivity index (χ2v) is 7.35. The van der Waals surface area contributed by atoms with Crippen LogP contribution in [0.5, 0.6) is 0 Å². The van der Waals surface area contributed by atoms with Crippen LogP contribution in [0.1, 0.15) is 37.8 Å². The molecule has 0 saturated heterocycles. The normalized spacial score (nSPS) is 14.6. The Balaban J connectivity index is 1.94. The Hall–Kier alpha value is -1.88. The van der Waals surface area contributed by atoms with Gasteiger partial charge in [-0.25, -0.2) is 0 Å². The molecule has 0 spiro atoms. The zero-order valence-electron chi connectivity index (χ0n) is 15.2. The van der Waals surface area contributed by atoms with Crippen molar-refractivity contribution in [3.05, 3.63) is 29.3 Å². The van der Waals surface area contributed by atoms with Gasteiger partial charge in [-0.2, -0.15) is 0 Å². The highest BCUT2D eigenvalue weighted by Gasteiger charge is 2.21. The maximum absolute atomic E-state index is 12.2. The van der Waals surface area contributed by atoms with E-state index in [-0.39, 0.29) is 6.04 Å². The van der Waals surface area contributed by atoms with E-state index in [1.807, 2.05) is 37.2 Å². The second kappa shape index (κ2) is 8.29. The summed E-state index contributed by atoms with van der Waals surface area (Å²) in [6.45, 7) is 4.94. The van der Waals surface area contributed by atoms with Crippen LogP contribution in [0.3, 0.4) is 0 Å².